The van der Waals surface area contributed by atoms with E-state index in [-0.39, 0.29) is 5.41 Å². The molecule has 2 rings (SSSR count). The lowest BCUT2D eigenvalue weighted by molar-refractivity contribution is -0.0719. The molecule has 0 aromatic rings. The highest BCUT2D eigenvalue weighted by molar-refractivity contribution is 5.11. The molecule has 1 N–H and O–H groups in total. The summed E-state index contributed by atoms with van der Waals surface area (Å²) < 4.78 is 6.43. The normalized spacial score (nSPS) is 35.7. The van der Waals surface area contributed by atoms with Crippen molar-refractivity contribution in [1.82, 2.24) is 5.32 Å². The average molecular weight is 281 g/mol. The number of rotatable bonds is 7. The second-order valence-electron chi connectivity index (χ2n) is 8.75. The third-order valence-electron chi connectivity index (χ3n) is 6.42. The maximum atomic E-state index is 6.43. The molecule has 2 fully saturated rings. The van der Waals surface area contributed by atoms with Gasteiger partial charge in [0.25, 0.3) is 0 Å². The summed E-state index contributed by atoms with van der Waals surface area (Å²) in [6.07, 6.45) is 5.71. The van der Waals surface area contributed by atoms with E-state index < -0.39 is 0 Å². The minimum Gasteiger partial charge on any atom is -0.377 e. The number of hydrogen-bond donors (Lipinski definition) is 1. The molecule has 0 heterocycles. The molecule has 0 aromatic carbocycles. The zero-order chi connectivity index (χ0) is 15.0. The number of hydrogen-bond acceptors (Lipinski definition) is 2. The third-order valence-corrected chi connectivity index (χ3v) is 6.42. The Labute approximate surface area is 126 Å². The summed E-state index contributed by atoms with van der Waals surface area (Å²) in [5.41, 5.74) is 1.09. The predicted octanol–water partition coefficient (Wildman–Crippen LogP) is 4.24. The highest BCUT2D eigenvalue weighted by Gasteiger charge is 2.61. The lowest BCUT2D eigenvalue weighted by Crippen LogP contribution is -2.40. The molecule has 2 nitrogen and oxygen atoms in total. The average Bonchev–Trinajstić information content (AvgIpc) is 2.69. The Kier molecular flexibility index (Phi) is 4.57. The Bertz CT molecular complexity index is 336. The highest BCUT2D eigenvalue weighted by atomic mass is 16.5. The van der Waals surface area contributed by atoms with Gasteiger partial charge in [0.1, 0.15) is 0 Å². The van der Waals surface area contributed by atoms with E-state index in [4.69, 9.17) is 4.74 Å². The van der Waals surface area contributed by atoms with E-state index in [1.165, 1.54) is 25.7 Å². The summed E-state index contributed by atoms with van der Waals surface area (Å²) >= 11 is 0. The first-order chi connectivity index (χ1) is 9.23. The van der Waals surface area contributed by atoms with E-state index in [0.717, 1.165) is 25.6 Å². The van der Waals surface area contributed by atoms with Gasteiger partial charge in [-0.25, -0.2) is 0 Å². The third kappa shape index (κ3) is 2.78. The minimum atomic E-state index is 0.234. The molecule has 118 valence electrons. The molecule has 2 aliphatic rings. The Balaban J connectivity index is 1.86. The van der Waals surface area contributed by atoms with Crippen LogP contribution >= 0.6 is 0 Å². The molecule has 3 unspecified atom stereocenters. The fourth-order valence-corrected chi connectivity index (χ4v) is 4.36. The summed E-state index contributed by atoms with van der Waals surface area (Å²) in [5, 5.41) is 3.53. The van der Waals surface area contributed by atoms with Crippen LogP contribution in [0.4, 0.5) is 0 Å². The van der Waals surface area contributed by atoms with Crippen LogP contribution in [-0.2, 0) is 4.74 Å². The Morgan fingerprint density at radius 2 is 1.95 bits per heavy atom. The minimum absolute atomic E-state index is 0.234. The van der Waals surface area contributed by atoms with Crippen molar-refractivity contribution in [3.8, 4) is 0 Å². The van der Waals surface area contributed by atoms with Crippen molar-refractivity contribution in [2.75, 3.05) is 19.7 Å². The van der Waals surface area contributed by atoms with Crippen LogP contribution in [0.15, 0.2) is 0 Å². The summed E-state index contributed by atoms with van der Waals surface area (Å²) in [4.78, 5) is 0. The van der Waals surface area contributed by atoms with Crippen LogP contribution in [0.5, 0.6) is 0 Å². The fraction of sp³-hybridized carbons (Fsp3) is 1.00. The van der Waals surface area contributed by atoms with Crippen molar-refractivity contribution in [2.45, 2.75) is 73.3 Å². The largest absolute Gasteiger partial charge is 0.377 e. The van der Waals surface area contributed by atoms with Gasteiger partial charge in [-0.05, 0) is 49.0 Å². The summed E-state index contributed by atoms with van der Waals surface area (Å²) in [6.45, 7) is 17.3. The molecule has 3 atom stereocenters. The van der Waals surface area contributed by atoms with Gasteiger partial charge in [0.15, 0.2) is 0 Å². The van der Waals surface area contributed by atoms with Crippen molar-refractivity contribution in [1.29, 1.82) is 0 Å². The first-order valence-electron chi connectivity index (χ1n) is 8.55. The van der Waals surface area contributed by atoms with Gasteiger partial charge in [0, 0.05) is 12.0 Å². The van der Waals surface area contributed by atoms with E-state index in [1.807, 2.05) is 0 Å². The first-order valence-corrected chi connectivity index (χ1v) is 8.55. The van der Waals surface area contributed by atoms with Crippen molar-refractivity contribution in [2.24, 2.45) is 22.2 Å². The van der Waals surface area contributed by atoms with Gasteiger partial charge in [-0.2, -0.15) is 0 Å². The quantitative estimate of drug-likeness (QED) is 0.705. The van der Waals surface area contributed by atoms with E-state index in [0.29, 0.717) is 16.9 Å². The highest BCUT2D eigenvalue weighted by Crippen LogP contribution is 2.66. The van der Waals surface area contributed by atoms with Crippen molar-refractivity contribution in [3.63, 3.8) is 0 Å². The maximum absolute atomic E-state index is 6.43. The van der Waals surface area contributed by atoms with E-state index in [2.05, 4.69) is 46.9 Å². The zero-order valence-corrected chi connectivity index (χ0v) is 14.5. The van der Waals surface area contributed by atoms with Gasteiger partial charge in [-0.15, -0.1) is 0 Å². The molecule has 0 aromatic heterocycles. The van der Waals surface area contributed by atoms with E-state index in [9.17, 15) is 0 Å². The number of fused-ring (bicyclic) bond motifs is 2. The molecule has 0 amide bonds. The first kappa shape index (κ1) is 16.3. The van der Waals surface area contributed by atoms with E-state index in [1.54, 1.807) is 0 Å². The van der Waals surface area contributed by atoms with Gasteiger partial charge < -0.3 is 10.1 Å². The lowest BCUT2D eigenvalue weighted by atomic mass is 9.70. The molecule has 0 saturated heterocycles. The molecular formula is C18H35NO. The topological polar surface area (TPSA) is 21.3 Å². The second-order valence-corrected chi connectivity index (χ2v) is 8.75. The Hall–Kier alpha value is -0.0800. The van der Waals surface area contributed by atoms with Crippen LogP contribution in [0, 0.1) is 22.2 Å². The zero-order valence-electron chi connectivity index (χ0n) is 14.5. The van der Waals surface area contributed by atoms with Crippen molar-refractivity contribution < 1.29 is 4.74 Å². The van der Waals surface area contributed by atoms with Crippen molar-refractivity contribution in [3.05, 3.63) is 0 Å². The van der Waals surface area contributed by atoms with Gasteiger partial charge >= 0.3 is 0 Å². The molecule has 0 radical (unpaired) electrons. The van der Waals surface area contributed by atoms with Gasteiger partial charge in [0.05, 0.1) is 12.7 Å². The van der Waals surface area contributed by atoms with Crippen LogP contribution in [0.2, 0.25) is 0 Å². The maximum Gasteiger partial charge on any atom is 0.0637 e. The number of nitrogens with one attached hydrogen (secondary N) is 1. The van der Waals surface area contributed by atoms with E-state index >= 15 is 0 Å². The van der Waals surface area contributed by atoms with Crippen LogP contribution in [-0.4, -0.2) is 25.8 Å². The summed E-state index contributed by atoms with van der Waals surface area (Å²) in [5.74, 6) is 0.874. The predicted molar refractivity (Wildman–Crippen MR) is 85.9 cm³/mol. The standard InChI is InChI=1S/C18H35NO/c1-7-10-19-12-16(2,3)13-20-15-11-14-8-9-18(15,6)17(14,4)5/h14-15,19H,7-13H2,1-6H3. The Morgan fingerprint density at radius 3 is 2.45 bits per heavy atom. The summed E-state index contributed by atoms with van der Waals surface area (Å²) in [7, 11) is 0. The fourth-order valence-electron chi connectivity index (χ4n) is 4.36. The van der Waals surface area contributed by atoms with Gasteiger partial charge in [-0.3, -0.25) is 0 Å². The van der Waals surface area contributed by atoms with Crippen LogP contribution in [0.1, 0.15) is 67.2 Å². The molecule has 2 saturated carbocycles. The molecule has 0 spiro atoms. The van der Waals surface area contributed by atoms with Crippen molar-refractivity contribution >= 4 is 0 Å². The van der Waals surface area contributed by atoms with Crippen LogP contribution in [0.3, 0.4) is 0 Å². The second kappa shape index (κ2) is 5.61. The SMILES string of the molecule is CCCNCC(C)(C)COC1CC2CCC1(C)C2(C)C. The molecular weight excluding hydrogens is 246 g/mol. The molecule has 0 aliphatic heterocycles. The van der Waals surface area contributed by atoms with Gasteiger partial charge in [-0.1, -0.05) is 41.5 Å². The van der Waals surface area contributed by atoms with Gasteiger partial charge in [0.2, 0.25) is 0 Å². The molecule has 2 heteroatoms. The molecule has 2 bridgehead atoms. The van der Waals surface area contributed by atoms with Crippen LogP contribution < -0.4 is 5.32 Å². The smallest absolute Gasteiger partial charge is 0.0637 e. The molecule has 20 heavy (non-hydrogen) atoms. The lowest BCUT2D eigenvalue weighted by Gasteiger charge is -2.40. The number of ether oxygens (including phenoxy) is 1. The van der Waals surface area contributed by atoms with Crippen LogP contribution in [0.25, 0.3) is 0 Å². The molecule has 2 aliphatic carbocycles. The Morgan fingerprint density at radius 1 is 1.25 bits per heavy atom. The summed E-state index contributed by atoms with van der Waals surface area (Å²) in [6, 6.07) is 0. The monoisotopic (exact) mass is 281 g/mol.